The van der Waals surface area contributed by atoms with Gasteiger partial charge in [-0.25, -0.2) is 9.80 Å². The third-order valence-corrected chi connectivity index (χ3v) is 8.55. The molecule has 3 aliphatic rings. The van der Waals surface area contributed by atoms with Crippen LogP contribution < -0.4 is 14.2 Å². The number of para-hydroxylation sites is 1. The number of imide groups is 1. The lowest BCUT2D eigenvalue weighted by Crippen LogP contribution is -2.42. The van der Waals surface area contributed by atoms with Crippen molar-refractivity contribution in [3.05, 3.63) is 135 Å². The number of carboxylic acid groups (broad SMARTS) is 1. The third kappa shape index (κ3) is 6.40. The fourth-order valence-electron chi connectivity index (χ4n) is 6.18. The van der Waals surface area contributed by atoms with Crippen molar-refractivity contribution in [3.8, 4) is 23.0 Å². The lowest BCUT2D eigenvalue weighted by Gasteiger charge is -2.36. The summed E-state index contributed by atoms with van der Waals surface area (Å²) < 4.78 is 24.3. The van der Waals surface area contributed by atoms with E-state index in [0.29, 0.717) is 43.5 Å². The summed E-state index contributed by atoms with van der Waals surface area (Å²) in [5, 5.41) is 25.3. The molecule has 0 saturated carbocycles. The van der Waals surface area contributed by atoms with Crippen LogP contribution >= 0.6 is 0 Å². The topological polar surface area (TPSA) is 204 Å². The summed E-state index contributed by atoms with van der Waals surface area (Å²) >= 11 is 0. The lowest BCUT2D eigenvalue weighted by atomic mass is 9.77. The number of hydrogen-bond acceptors (Lipinski definition) is 12. The Bertz CT molecular complexity index is 2270. The largest absolute Gasteiger partial charge is 0.489 e. The van der Waals surface area contributed by atoms with Crippen molar-refractivity contribution in [3.63, 3.8) is 0 Å². The number of ether oxygens (including phenoxy) is 4. The fraction of sp³-hybridized carbons (Fsp3) is 0.135. The monoisotopic (exact) mass is 718 g/mol. The van der Waals surface area contributed by atoms with Crippen molar-refractivity contribution < 1.29 is 52.9 Å². The zero-order chi connectivity index (χ0) is 37.3. The van der Waals surface area contributed by atoms with Gasteiger partial charge in [-0.3, -0.25) is 34.2 Å². The second-order valence-electron chi connectivity index (χ2n) is 11.8. The predicted octanol–water partition coefficient (Wildman–Crippen LogP) is 3.94. The van der Waals surface area contributed by atoms with Crippen molar-refractivity contribution in [2.75, 3.05) is 19.7 Å². The molecule has 0 fully saturated rings. The van der Waals surface area contributed by atoms with Gasteiger partial charge in [0.15, 0.2) is 5.60 Å². The summed E-state index contributed by atoms with van der Waals surface area (Å²) in [5.74, 6) is -3.08. The predicted molar refractivity (Wildman–Crippen MR) is 181 cm³/mol. The number of aliphatic carboxylic acids is 1. The van der Waals surface area contributed by atoms with Crippen LogP contribution in [0.3, 0.4) is 0 Å². The lowest BCUT2D eigenvalue weighted by molar-refractivity contribution is -0.385. The molecular weight excluding hydrogens is 692 g/mol. The zero-order valence-corrected chi connectivity index (χ0v) is 27.4. The number of fused-ring (bicyclic) bond motifs is 6. The molecule has 1 N–H and O–H groups in total. The summed E-state index contributed by atoms with van der Waals surface area (Å²) in [6, 6.07) is 23.0. The van der Waals surface area contributed by atoms with Crippen LogP contribution in [0.5, 0.6) is 23.0 Å². The van der Waals surface area contributed by atoms with E-state index < -0.39 is 53.3 Å². The van der Waals surface area contributed by atoms with Crippen molar-refractivity contribution >= 4 is 41.6 Å². The van der Waals surface area contributed by atoms with E-state index in [1.165, 1.54) is 6.07 Å². The Morgan fingerprint density at radius 1 is 0.887 bits per heavy atom. The minimum atomic E-state index is -1.40. The number of nitrogens with zero attached hydrogens (tertiary/aromatic N) is 4. The second-order valence-corrected chi connectivity index (χ2v) is 11.8. The van der Waals surface area contributed by atoms with Crippen LogP contribution in [0, 0.1) is 10.1 Å². The van der Waals surface area contributed by atoms with Crippen molar-refractivity contribution in [1.82, 2.24) is 9.91 Å². The van der Waals surface area contributed by atoms with Gasteiger partial charge in [0, 0.05) is 47.0 Å². The van der Waals surface area contributed by atoms with E-state index >= 15 is 0 Å². The molecule has 3 amide bonds. The minimum absolute atomic E-state index is 0.0876. The Balaban J connectivity index is 1.14. The molecule has 1 spiro atoms. The first-order valence-corrected chi connectivity index (χ1v) is 15.9. The molecule has 7 rings (SSSR count). The Morgan fingerprint density at radius 2 is 1.53 bits per heavy atom. The van der Waals surface area contributed by atoms with E-state index in [-0.39, 0.29) is 36.1 Å². The summed E-state index contributed by atoms with van der Waals surface area (Å²) in [6.45, 7) is -1.87. The molecule has 0 radical (unpaired) electrons. The highest BCUT2D eigenvalue weighted by Crippen LogP contribution is 2.57. The fourth-order valence-corrected chi connectivity index (χ4v) is 6.18. The average Bonchev–Trinajstić information content (AvgIpc) is 3.62. The molecule has 266 valence electrons. The van der Waals surface area contributed by atoms with E-state index in [9.17, 15) is 39.2 Å². The number of amides is 3. The maximum atomic E-state index is 13.2. The first-order valence-electron chi connectivity index (χ1n) is 15.9. The molecule has 4 aromatic carbocycles. The quantitative estimate of drug-likeness (QED) is 0.0727. The second kappa shape index (κ2) is 13.7. The first kappa shape index (κ1) is 34.1. The molecule has 53 heavy (non-hydrogen) atoms. The Hall–Kier alpha value is -7.36. The van der Waals surface area contributed by atoms with Crippen LogP contribution in [-0.4, -0.2) is 75.5 Å². The van der Waals surface area contributed by atoms with Crippen LogP contribution in [0.4, 0.5) is 5.69 Å². The number of rotatable bonds is 12. The standard InChI is InChI=1S/C37H26N4O12/c42-32-13-14-33(43)39(32)19-34(44)40(20-35(45)46)38-15-16-50-23-9-11-27-30(17-23)52-31-18-24(51-21-22-5-1-4-8-29(22)41(48)49)10-12-28(31)37(27)26-7-3-2-6-25(26)36(47)53-37/h1-15,17-18H,16,19-21H2,(H,45,46)/b38-15+. The number of nitro benzene ring substituents is 1. The maximum Gasteiger partial charge on any atom is 0.340 e. The highest BCUT2D eigenvalue weighted by molar-refractivity contribution is 6.14. The third-order valence-electron chi connectivity index (χ3n) is 8.55. The minimum Gasteiger partial charge on any atom is -0.489 e. The number of esters is 1. The van der Waals surface area contributed by atoms with Crippen molar-refractivity contribution in [1.29, 1.82) is 0 Å². The Morgan fingerprint density at radius 3 is 2.21 bits per heavy atom. The normalized spacial score (nSPS) is 16.5. The van der Waals surface area contributed by atoms with Gasteiger partial charge >= 0.3 is 11.9 Å². The SMILES string of the molecule is O=C(O)CN(/N=C/COc1ccc2c(c1)Oc1cc(OCc3ccccc3[N+](=O)[O-])ccc1C21OC(=O)c2ccccc21)C(=O)CN1C(=O)C=CC1=O. The zero-order valence-electron chi connectivity index (χ0n) is 27.4. The molecule has 3 heterocycles. The van der Waals surface area contributed by atoms with Crippen LogP contribution in [0.25, 0.3) is 0 Å². The van der Waals surface area contributed by atoms with E-state index in [1.807, 2.05) is 0 Å². The van der Waals surface area contributed by atoms with Crippen LogP contribution in [0.1, 0.15) is 32.6 Å². The van der Waals surface area contributed by atoms with E-state index in [0.717, 1.165) is 18.4 Å². The molecule has 1 unspecified atom stereocenters. The van der Waals surface area contributed by atoms with Crippen LogP contribution in [0.2, 0.25) is 0 Å². The van der Waals surface area contributed by atoms with Crippen LogP contribution in [-0.2, 0) is 36.1 Å². The molecule has 0 aliphatic carbocycles. The number of benzene rings is 4. The van der Waals surface area contributed by atoms with Crippen LogP contribution in [0.15, 0.2) is 102 Å². The Kier molecular flexibility index (Phi) is 8.85. The van der Waals surface area contributed by atoms with Gasteiger partial charge in [0.1, 0.15) is 49.3 Å². The number of hydrogen-bond donors (Lipinski definition) is 1. The van der Waals surface area contributed by atoms with Crippen molar-refractivity contribution in [2.24, 2.45) is 5.10 Å². The number of carbonyl (C=O) groups is 5. The number of hydrazone groups is 1. The maximum absolute atomic E-state index is 13.2. The summed E-state index contributed by atoms with van der Waals surface area (Å²) in [4.78, 5) is 72.7. The van der Waals surface area contributed by atoms with Gasteiger partial charge in [-0.15, -0.1) is 0 Å². The molecule has 1 atom stereocenters. The summed E-state index contributed by atoms with van der Waals surface area (Å²) in [7, 11) is 0. The van der Waals surface area contributed by atoms with Gasteiger partial charge in [-0.1, -0.05) is 30.3 Å². The van der Waals surface area contributed by atoms with Gasteiger partial charge in [0.25, 0.3) is 23.4 Å². The summed E-state index contributed by atoms with van der Waals surface area (Å²) in [5.41, 5.74) is 0.840. The smallest absolute Gasteiger partial charge is 0.340 e. The molecule has 16 heteroatoms. The van der Waals surface area contributed by atoms with E-state index in [4.69, 9.17) is 18.9 Å². The van der Waals surface area contributed by atoms with Gasteiger partial charge in [-0.2, -0.15) is 5.10 Å². The number of carbonyl (C=O) groups excluding carboxylic acids is 4. The van der Waals surface area contributed by atoms with Gasteiger partial charge < -0.3 is 24.1 Å². The molecule has 0 aromatic heterocycles. The number of nitro groups is 1. The number of carboxylic acids is 1. The van der Waals surface area contributed by atoms with Crippen molar-refractivity contribution in [2.45, 2.75) is 12.2 Å². The average molecular weight is 719 g/mol. The Labute approximate surface area is 299 Å². The molecular formula is C37H26N4O12. The first-order chi connectivity index (χ1) is 25.5. The summed E-state index contributed by atoms with van der Waals surface area (Å²) in [6.07, 6.45) is 3.14. The highest BCUT2D eigenvalue weighted by atomic mass is 16.6. The van der Waals surface area contributed by atoms with E-state index in [2.05, 4.69) is 5.10 Å². The molecule has 3 aliphatic heterocycles. The molecule has 16 nitrogen and oxygen atoms in total. The molecule has 0 bridgehead atoms. The van der Waals surface area contributed by atoms with Gasteiger partial charge in [0.05, 0.1) is 22.3 Å². The highest BCUT2D eigenvalue weighted by Gasteiger charge is 2.53. The molecule has 0 saturated heterocycles. The molecule has 4 aromatic rings. The van der Waals surface area contributed by atoms with E-state index in [1.54, 1.807) is 78.9 Å². The van der Waals surface area contributed by atoms with Gasteiger partial charge in [0.2, 0.25) is 0 Å². The van der Waals surface area contributed by atoms with Gasteiger partial charge in [-0.05, 0) is 36.4 Å².